The van der Waals surface area contributed by atoms with Crippen LogP contribution >= 0.6 is 0 Å². The molecule has 1 N–H and O–H groups in total. The van der Waals surface area contributed by atoms with Gasteiger partial charge in [0.05, 0.1) is 6.54 Å². The van der Waals surface area contributed by atoms with E-state index in [0.717, 1.165) is 13.1 Å². The largest absolute Gasteiger partial charge is 0.313 e. The number of terminal acetylenes is 1. The summed E-state index contributed by atoms with van der Waals surface area (Å²) in [5.41, 5.74) is 0. The lowest BCUT2D eigenvalue weighted by atomic mass is 10.0. The third kappa shape index (κ3) is 3.69. The van der Waals surface area contributed by atoms with Crippen LogP contribution < -0.4 is 5.32 Å². The molecule has 1 aliphatic heterocycles. The summed E-state index contributed by atoms with van der Waals surface area (Å²) in [6, 6.07) is 1.20. The molecule has 0 aliphatic carbocycles. The third-order valence-corrected chi connectivity index (χ3v) is 2.89. The van der Waals surface area contributed by atoms with E-state index in [1.165, 1.54) is 25.8 Å². The predicted octanol–water partition coefficient (Wildman–Crippen LogP) is 1.47. The summed E-state index contributed by atoms with van der Waals surface area (Å²) in [4.78, 5) is 2.36. The molecule has 0 saturated carbocycles. The molecule has 0 aromatic rings. The molecule has 1 heterocycles. The van der Waals surface area contributed by atoms with Crippen LogP contribution in [-0.2, 0) is 0 Å². The first-order valence-electron chi connectivity index (χ1n) is 5.65. The fraction of sp³-hybridized carbons (Fsp3) is 0.833. The molecule has 0 aromatic carbocycles. The molecule has 1 rings (SSSR count). The fourth-order valence-electron chi connectivity index (χ4n) is 1.94. The zero-order valence-electron chi connectivity index (χ0n) is 9.42. The van der Waals surface area contributed by atoms with Gasteiger partial charge in [-0.1, -0.05) is 12.3 Å². The van der Waals surface area contributed by atoms with Crippen LogP contribution in [0.3, 0.4) is 0 Å². The van der Waals surface area contributed by atoms with Gasteiger partial charge in [-0.2, -0.15) is 0 Å². The van der Waals surface area contributed by atoms with Gasteiger partial charge in [0, 0.05) is 18.6 Å². The Morgan fingerprint density at radius 3 is 2.79 bits per heavy atom. The van der Waals surface area contributed by atoms with Gasteiger partial charge >= 0.3 is 0 Å². The summed E-state index contributed by atoms with van der Waals surface area (Å²) in [6.45, 7) is 7.46. The lowest BCUT2D eigenvalue weighted by Gasteiger charge is -2.31. The highest BCUT2D eigenvalue weighted by Crippen LogP contribution is 2.09. The maximum Gasteiger partial charge on any atom is 0.0601 e. The molecule has 0 bridgehead atoms. The van der Waals surface area contributed by atoms with Gasteiger partial charge in [0.25, 0.3) is 0 Å². The van der Waals surface area contributed by atoms with Crippen molar-refractivity contribution in [1.29, 1.82) is 0 Å². The average molecular weight is 194 g/mol. The van der Waals surface area contributed by atoms with Crippen molar-refractivity contribution in [1.82, 2.24) is 10.2 Å². The Morgan fingerprint density at radius 1 is 1.50 bits per heavy atom. The van der Waals surface area contributed by atoms with Crippen LogP contribution in [0.25, 0.3) is 0 Å². The number of rotatable bonds is 4. The Morgan fingerprint density at radius 2 is 2.29 bits per heavy atom. The van der Waals surface area contributed by atoms with E-state index in [0.29, 0.717) is 12.1 Å². The van der Waals surface area contributed by atoms with Gasteiger partial charge < -0.3 is 5.32 Å². The van der Waals surface area contributed by atoms with Crippen molar-refractivity contribution in [2.45, 2.75) is 45.2 Å². The quantitative estimate of drug-likeness (QED) is 0.682. The van der Waals surface area contributed by atoms with Gasteiger partial charge in [0.2, 0.25) is 0 Å². The van der Waals surface area contributed by atoms with E-state index in [9.17, 15) is 0 Å². The maximum absolute atomic E-state index is 5.36. The molecule has 1 atom stereocenters. The first-order valence-corrected chi connectivity index (χ1v) is 5.65. The molecular weight excluding hydrogens is 172 g/mol. The normalized spacial score (nSPS) is 22.6. The number of nitrogens with zero attached hydrogens (tertiary/aromatic N) is 1. The smallest absolute Gasteiger partial charge is 0.0601 e. The van der Waals surface area contributed by atoms with Crippen molar-refractivity contribution in [2.24, 2.45) is 0 Å². The van der Waals surface area contributed by atoms with Crippen molar-refractivity contribution in [3.63, 3.8) is 0 Å². The second-order valence-electron chi connectivity index (χ2n) is 4.37. The van der Waals surface area contributed by atoms with Crippen LogP contribution in [0.1, 0.15) is 33.1 Å². The maximum atomic E-state index is 5.36. The van der Waals surface area contributed by atoms with Crippen LogP contribution in [0.15, 0.2) is 0 Å². The summed E-state index contributed by atoms with van der Waals surface area (Å²) < 4.78 is 0. The molecule has 14 heavy (non-hydrogen) atoms. The highest BCUT2D eigenvalue weighted by atomic mass is 15.2. The number of nitrogens with one attached hydrogen (secondary N) is 1. The standard InChI is InChI=1S/C12H22N2/c1-4-9-14(11(2)3)10-12-7-5-6-8-13-12/h1,11-13H,5-10H2,2-3H3. The van der Waals surface area contributed by atoms with Gasteiger partial charge in [0.1, 0.15) is 0 Å². The number of piperidine rings is 1. The molecule has 0 aromatic heterocycles. The van der Waals surface area contributed by atoms with Crippen molar-refractivity contribution >= 4 is 0 Å². The van der Waals surface area contributed by atoms with Crippen molar-refractivity contribution in [3.05, 3.63) is 0 Å². The molecule has 1 saturated heterocycles. The van der Waals surface area contributed by atoms with E-state index in [-0.39, 0.29) is 0 Å². The minimum absolute atomic E-state index is 0.551. The minimum Gasteiger partial charge on any atom is -0.313 e. The molecule has 0 radical (unpaired) electrons. The second-order valence-corrected chi connectivity index (χ2v) is 4.37. The molecule has 0 spiro atoms. The van der Waals surface area contributed by atoms with E-state index >= 15 is 0 Å². The van der Waals surface area contributed by atoms with E-state index < -0.39 is 0 Å². The molecule has 1 fully saturated rings. The van der Waals surface area contributed by atoms with Crippen LogP contribution in [-0.4, -0.2) is 36.6 Å². The molecule has 0 amide bonds. The van der Waals surface area contributed by atoms with Gasteiger partial charge in [-0.3, -0.25) is 4.90 Å². The average Bonchev–Trinajstić information content (AvgIpc) is 2.18. The van der Waals surface area contributed by atoms with Gasteiger partial charge in [0.15, 0.2) is 0 Å². The zero-order chi connectivity index (χ0) is 10.4. The van der Waals surface area contributed by atoms with Crippen LogP contribution in [0.4, 0.5) is 0 Å². The van der Waals surface area contributed by atoms with Crippen molar-refractivity contribution < 1.29 is 0 Å². The number of hydrogen-bond acceptors (Lipinski definition) is 2. The van der Waals surface area contributed by atoms with Crippen molar-refractivity contribution in [3.8, 4) is 12.3 Å². The second kappa shape index (κ2) is 6.06. The monoisotopic (exact) mass is 194 g/mol. The molecule has 1 aliphatic rings. The van der Waals surface area contributed by atoms with E-state index in [1.807, 2.05) is 0 Å². The van der Waals surface area contributed by atoms with E-state index in [1.54, 1.807) is 0 Å². The minimum atomic E-state index is 0.551. The number of hydrogen-bond donors (Lipinski definition) is 1. The topological polar surface area (TPSA) is 15.3 Å². The Hall–Kier alpha value is -0.520. The van der Waals surface area contributed by atoms with Crippen LogP contribution in [0.2, 0.25) is 0 Å². The summed E-state index contributed by atoms with van der Waals surface area (Å²) in [6.07, 6.45) is 9.35. The summed E-state index contributed by atoms with van der Waals surface area (Å²) >= 11 is 0. The van der Waals surface area contributed by atoms with Gasteiger partial charge in [-0.05, 0) is 33.2 Å². The Kier molecular flexibility index (Phi) is 5.00. The Labute approximate surface area is 88.1 Å². The fourth-order valence-corrected chi connectivity index (χ4v) is 1.94. The Balaban J connectivity index is 2.34. The molecule has 2 nitrogen and oxygen atoms in total. The SMILES string of the molecule is C#CCN(CC1CCCCN1)C(C)C. The van der Waals surface area contributed by atoms with Crippen LogP contribution in [0, 0.1) is 12.3 Å². The molecule has 80 valence electrons. The van der Waals surface area contributed by atoms with Gasteiger partial charge in [-0.15, -0.1) is 6.42 Å². The highest BCUT2D eigenvalue weighted by molar-refractivity contribution is 4.90. The van der Waals surface area contributed by atoms with Crippen molar-refractivity contribution in [2.75, 3.05) is 19.6 Å². The third-order valence-electron chi connectivity index (χ3n) is 2.89. The summed E-state index contributed by atoms with van der Waals surface area (Å²) in [5, 5.41) is 3.55. The lowest BCUT2D eigenvalue weighted by molar-refractivity contribution is 0.206. The van der Waals surface area contributed by atoms with Crippen LogP contribution in [0.5, 0.6) is 0 Å². The predicted molar refractivity (Wildman–Crippen MR) is 61.2 cm³/mol. The first-order chi connectivity index (χ1) is 6.74. The van der Waals surface area contributed by atoms with Gasteiger partial charge in [-0.25, -0.2) is 0 Å². The first kappa shape index (κ1) is 11.6. The highest BCUT2D eigenvalue weighted by Gasteiger charge is 2.17. The molecule has 2 heteroatoms. The summed E-state index contributed by atoms with van der Waals surface area (Å²) in [7, 11) is 0. The zero-order valence-corrected chi connectivity index (χ0v) is 9.42. The summed E-state index contributed by atoms with van der Waals surface area (Å²) in [5.74, 6) is 2.74. The van der Waals surface area contributed by atoms with E-state index in [2.05, 4.69) is 30.0 Å². The lowest BCUT2D eigenvalue weighted by Crippen LogP contribution is -2.46. The van der Waals surface area contributed by atoms with E-state index in [4.69, 9.17) is 6.42 Å². The molecular formula is C12H22N2. The molecule has 1 unspecified atom stereocenters. The Bertz CT molecular complexity index is 187.